The highest BCUT2D eigenvalue weighted by atomic mass is 16.2. The van der Waals surface area contributed by atoms with E-state index in [-0.39, 0.29) is 23.9 Å². The zero-order valence-electron chi connectivity index (χ0n) is 14.1. The normalized spacial score (nSPS) is 30.7. The van der Waals surface area contributed by atoms with Crippen LogP contribution in [0.15, 0.2) is 24.5 Å². The van der Waals surface area contributed by atoms with Gasteiger partial charge in [-0.3, -0.25) is 24.4 Å². The molecule has 2 aliphatic heterocycles. The number of pyridine rings is 1. The second kappa shape index (κ2) is 6.40. The summed E-state index contributed by atoms with van der Waals surface area (Å²) in [6.45, 7) is 8.16. The number of hydrogen-bond acceptors (Lipinski definition) is 4. The number of hydrogen-bond donors (Lipinski definition) is 0. The van der Waals surface area contributed by atoms with Crippen molar-refractivity contribution >= 4 is 11.8 Å². The first kappa shape index (κ1) is 16.1. The highest BCUT2D eigenvalue weighted by Crippen LogP contribution is 2.31. The molecule has 0 radical (unpaired) electrons. The van der Waals surface area contributed by atoms with Crippen LogP contribution in [0.5, 0.6) is 0 Å². The third kappa shape index (κ3) is 3.15. The van der Waals surface area contributed by atoms with Crippen molar-refractivity contribution in [2.75, 3.05) is 13.1 Å². The molecule has 2 saturated heterocycles. The number of likely N-dealkylation sites (tertiary alicyclic amines) is 2. The van der Waals surface area contributed by atoms with E-state index in [1.807, 2.05) is 19.1 Å². The maximum absolute atomic E-state index is 12.9. The summed E-state index contributed by atoms with van der Waals surface area (Å²) in [6.07, 6.45) is 4.93. The molecular weight excluding hydrogens is 290 g/mol. The van der Waals surface area contributed by atoms with Crippen molar-refractivity contribution in [3.05, 3.63) is 30.1 Å². The summed E-state index contributed by atoms with van der Waals surface area (Å²) < 4.78 is 0. The fraction of sp³-hybridized carbons (Fsp3) is 0.611. The standard InChI is InChI=1S/C18H25N3O2/c1-12-7-13(2)11-20(10-12)16-8-17(22)21(18(16)23)14(3)15-5-4-6-19-9-15/h4-6,9,12-14,16H,7-8,10-11H2,1-3H3/t12-,13+,14-,16+/m1/s1. The third-order valence-corrected chi connectivity index (χ3v) is 5.05. The van der Waals surface area contributed by atoms with E-state index in [0.29, 0.717) is 18.3 Å². The van der Waals surface area contributed by atoms with Crippen molar-refractivity contribution < 1.29 is 9.59 Å². The third-order valence-electron chi connectivity index (χ3n) is 5.05. The Labute approximate surface area is 137 Å². The first-order chi connectivity index (χ1) is 11.0. The van der Waals surface area contributed by atoms with Gasteiger partial charge in [-0.25, -0.2) is 0 Å². The Morgan fingerprint density at radius 3 is 2.52 bits per heavy atom. The van der Waals surface area contributed by atoms with Crippen LogP contribution in [0.2, 0.25) is 0 Å². The molecule has 0 unspecified atom stereocenters. The summed E-state index contributed by atoms with van der Waals surface area (Å²) in [7, 11) is 0. The Balaban J connectivity index is 1.77. The van der Waals surface area contributed by atoms with E-state index in [0.717, 1.165) is 18.7 Å². The second-order valence-electron chi connectivity index (χ2n) is 7.18. The molecule has 3 heterocycles. The van der Waals surface area contributed by atoms with Crippen LogP contribution in [-0.4, -0.2) is 45.7 Å². The Hall–Kier alpha value is -1.75. The van der Waals surface area contributed by atoms with Crippen LogP contribution in [-0.2, 0) is 9.59 Å². The molecule has 0 N–H and O–H groups in total. The van der Waals surface area contributed by atoms with Gasteiger partial charge in [-0.1, -0.05) is 19.9 Å². The summed E-state index contributed by atoms with van der Waals surface area (Å²) in [5.74, 6) is 1.03. The zero-order chi connectivity index (χ0) is 16.6. The number of aromatic nitrogens is 1. The SMILES string of the molecule is C[C@@H]1C[C@H](C)CN([C@H]2CC(=O)N([C@H](C)c3cccnc3)C2=O)C1. The van der Waals surface area contributed by atoms with E-state index < -0.39 is 0 Å². The number of imide groups is 1. The number of rotatable bonds is 3. The topological polar surface area (TPSA) is 53.5 Å². The van der Waals surface area contributed by atoms with Crippen molar-refractivity contribution in [1.29, 1.82) is 0 Å². The van der Waals surface area contributed by atoms with E-state index in [4.69, 9.17) is 0 Å². The molecule has 1 aromatic heterocycles. The molecule has 0 spiro atoms. The lowest BCUT2D eigenvalue weighted by Gasteiger charge is -2.37. The molecule has 0 saturated carbocycles. The lowest BCUT2D eigenvalue weighted by atomic mass is 9.90. The fourth-order valence-electron chi connectivity index (χ4n) is 4.06. The van der Waals surface area contributed by atoms with Crippen molar-refractivity contribution in [2.24, 2.45) is 11.8 Å². The number of amides is 2. The Morgan fingerprint density at radius 2 is 1.91 bits per heavy atom. The molecule has 4 atom stereocenters. The van der Waals surface area contributed by atoms with E-state index in [2.05, 4.69) is 23.7 Å². The van der Waals surface area contributed by atoms with E-state index in [1.54, 1.807) is 12.4 Å². The molecule has 124 valence electrons. The first-order valence-electron chi connectivity index (χ1n) is 8.47. The van der Waals surface area contributed by atoms with Gasteiger partial charge in [-0.2, -0.15) is 0 Å². The van der Waals surface area contributed by atoms with E-state index >= 15 is 0 Å². The van der Waals surface area contributed by atoms with E-state index in [1.165, 1.54) is 11.3 Å². The van der Waals surface area contributed by atoms with Gasteiger partial charge in [-0.05, 0) is 36.8 Å². The summed E-state index contributed by atoms with van der Waals surface area (Å²) in [4.78, 5) is 33.1. The van der Waals surface area contributed by atoms with Gasteiger partial charge >= 0.3 is 0 Å². The van der Waals surface area contributed by atoms with Crippen LogP contribution < -0.4 is 0 Å². The molecular formula is C18H25N3O2. The summed E-state index contributed by atoms with van der Waals surface area (Å²) >= 11 is 0. The summed E-state index contributed by atoms with van der Waals surface area (Å²) in [6, 6.07) is 3.21. The van der Waals surface area contributed by atoms with Crippen LogP contribution in [0.4, 0.5) is 0 Å². The number of carbonyl (C=O) groups is 2. The molecule has 2 amide bonds. The van der Waals surface area contributed by atoms with Crippen LogP contribution in [0, 0.1) is 11.8 Å². The smallest absolute Gasteiger partial charge is 0.247 e. The van der Waals surface area contributed by atoms with Gasteiger partial charge in [0.2, 0.25) is 11.8 Å². The largest absolute Gasteiger partial charge is 0.291 e. The quantitative estimate of drug-likeness (QED) is 0.803. The average molecular weight is 315 g/mol. The van der Waals surface area contributed by atoms with Gasteiger partial charge in [0, 0.05) is 25.5 Å². The predicted molar refractivity (Wildman–Crippen MR) is 87.4 cm³/mol. The van der Waals surface area contributed by atoms with Gasteiger partial charge in [0.15, 0.2) is 0 Å². The number of nitrogens with zero attached hydrogens (tertiary/aromatic N) is 3. The van der Waals surface area contributed by atoms with Gasteiger partial charge in [-0.15, -0.1) is 0 Å². The highest BCUT2D eigenvalue weighted by molar-refractivity contribution is 6.05. The summed E-state index contributed by atoms with van der Waals surface area (Å²) in [5.41, 5.74) is 0.898. The van der Waals surface area contributed by atoms with Gasteiger partial charge in [0.05, 0.1) is 18.5 Å². The van der Waals surface area contributed by atoms with Crippen molar-refractivity contribution in [2.45, 2.75) is 45.7 Å². The van der Waals surface area contributed by atoms with Crippen molar-refractivity contribution in [3.8, 4) is 0 Å². The minimum atomic E-state index is -0.285. The second-order valence-corrected chi connectivity index (χ2v) is 7.18. The minimum Gasteiger partial charge on any atom is -0.291 e. The molecule has 2 aliphatic rings. The maximum Gasteiger partial charge on any atom is 0.247 e. The Bertz CT molecular complexity index is 579. The molecule has 0 aromatic carbocycles. The maximum atomic E-state index is 12.9. The van der Waals surface area contributed by atoms with Crippen LogP contribution in [0.3, 0.4) is 0 Å². The number of carbonyl (C=O) groups excluding carboxylic acids is 2. The van der Waals surface area contributed by atoms with Crippen LogP contribution in [0.25, 0.3) is 0 Å². The summed E-state index contributed by atoms with van der Waals surface area (Å²) in [5, 5.41) is 0. The molecule has 0 aliphatic carbocycles. The number of piperidine rings is 1. The zero-order valence-corrected chi connectivity index (χ0v) is 14.1. The Kier molecular flexibility index (Phi) is 4.48. The van der Waals surface area contributed by atoms with Crippen molar-refractivity contribution in [1.82, 2.24) is 14.8 Å². The lowest BCUT2D eigenvalue weighted by Crippen LogP contribution is -2.48. The molecule has 5 heteroatoms. The monoisotopic (exact) mass is 315 g/mol. The first-order valence-corrected chi connectivity index (χ1v) is 8.47. The molecule has 23 heavy (non-hydrogen) atoms. The van der Waals surface area contributed by atoms with E-state index in [9.17, 15) is 9.59 Å². The Morgan fingerprint density at radius 1 is 1.22 bits per heavy atom. The van der Waals surface area contributed by atoms with Gasteiger partial charge in [0.1, 0.15) is 0 Å². The van der Waals surface area contributed by atoms with Gasteiger partial charge < -0.3 is 0 Å². The fourth-order valence-corrected chi connectivity index (χ4v) is 4.06. The molecule has 3 rings (SSSR count). The molecule has 2 fully saturated rings. The van der Waals surface area contributed by atoms with Gasteiger partial charge in [0.25, 0.3) is 0 Å². The molecule has 1 aromatic rings. The highest BCUT2D eigenvalue weighted by Gasteiger charge is 2.45. The average Bonchev–Trinajstić information content (AvgIpc) is 2.81. The van der Waals surface area contributed by atoms with Crippen LogP contribution in [0.1, 0.15) is 45.2 Å². The predicted octanol–water partition coefficient (Wildman–Crippen LogP) is 2.25. The van der Waals surface area contributed by atoms with Crippen molar-refractivity contribution in [3.63, 3.8) is 0 Å². The lowest BCUT2D eigenvalue weighted by molar-refractivity contribution is -0.142. The molecule has 0 bridgehead atoms. The molecule has 5 nitrogen and oxygen atoms in total. The van der Waals surface area contributed by atoms with Crippen LogP contribution >= 0.6 is 0 Å². The minimum absolute atomic E-state index is 0.0485.